The second-order valence-electron chi connectivity index (χ2n) is 6.23. The Morgan fingerprint density at radius 1 is 1.00 bits per heavy atom. The third-order valence-electron chi connectivity index (χ3n) is 4.60. The van der Waals surface area contributed by atoms with E-state index in [2.05, 4.69) is 20.8 Å². The lowest BCUT2D eigenvalue weighted by Gasteiger charge is -2.56. The van der Waals surface area contributed by atoms with Crippen LogP contribution in [0.5, 0.6) is 0 Å². The lowest BCUT2D eigenvalue weighted by molar-refractivity contribution is -0.207. The molecule has 82 valence electrons. The zero-order chi connectivity index (χ0) is 10.2. The number of ether oxygens (including phenoxy) is 1. The van der Waals surface area contributed by atoms with Crippen LogP contribution in [-0.4, -0.2) is 13.2 Å². The Morgan fingerprint density at radius 3 is 1.93 bits per heavy atom. The first kappa shape index (κ1) is 10.5. The monoisotopic (exact) mass is 196 g/mol. The highest BCUT2D eigenvalue weighted by molar-refractivity contribution is 5.00. The van der Waals surface area contributed by atoms with Crippen molar-refractivity contribution in [2.45, 2.75) is 52.9 Å². The van der Waals surface area contributed by atoms with E-state index >= 15 is 0 Å². The molecule has 14 heavy (non-hydrogen) atoms. The van der Waals surface area contributed by atoms with E-state index in [9.17, 15) is 0 Å². The quantitative estimate of drug-likeness (QED) is 0.622. The van der Waals surface area contributed by atoms with Gasteiger partial charge in [0.2, 0.25) is 0 Å². The summed E-state index contributed by atoms with van der Waals surface area (Å²) in [5.41, 5.74) is 0.931. The van der Waals surface area contributed by atoms with Gasteiger partial charge in [-0.3, -0.25) is 0 Å². The summed E-state index contributed by atoms with van der Waals surface area (Å²) < 4.78 is 5.52. The largest absolute Gasteiger partial charge is 0.380 e. The van der Waals surface area contributed by atoms with Crippen LogP contribution < -0.4 is 0 Å². The first-order valence-electron chi connectivity index (χ1n) is 6.14. The second-order valence-corrected chi connectivity index (χ2v) is 6.23. The smallest absolute Gasteiger partial charge is 0.0552 e. The fraction of sp³-hybridized carbons (Fsp3) is 1.00. The predicted molar refractivity (Wildman–Crippen MR) is 59.3 cm³/mol. The minimum Gasteiger partial charge on any atom is -0.380 e. The predicted octanol–water partition coefficient (Wildman–Crippen LogP) is 3.63. The van der Waals surface area contributed by atoms with Crippen LogP contribution in [0.3, 0.4) is 0 Å². The Kier molecular flexibility index (Phi) is 2.63. The molecule has 1 saturated carbocycles. The van der Waals surface area contributed by atoms with Crippen molar-refractivity contribution in [2.75, 3.05) is 13.2 Å². The summed E-state index contributed by atoms with van der Waals surface area (Å²) in [6.07, 6.45) is 7.24. The van der Waals surface area contributed by atoms with Crippen molar-refractivity contribution >= 4 is 0 Å². The Balaban J connectivity index is 2.11. The SMILES string of the molecule is CC(C)(C)C1(C2CCCCC2)COC1. The summed E-state index contributed by atoms with van der Waals surface area (Å²) in [7, 11) is 0. The molecular formula is C13H24O. The Hall–Kier alpha value is -0.0400. The first-order chi connectivity index (χ1) is 6.56. The third kappa shape index (κ3) is 1.50. The van der Waals surface area contributed by atoms with Crippen LogP contribution in [-0.2, 0) is 4.74 Å². The maximum Gasteiger partial charge on any atom is 0.0552 e. The lowest BCUT2D eigenvalue weighted by Crippen LogP contribution is -2.57. The van der Waals surface area contributed by atoms with Crippen LogP contribution in [0.1, 0.15) is 52.9 Å². The minimum absolute atomic E-state index is 0.424. The summed E-state index contributed by atoms with van der Waals surface area (Å²) in [4.78, 5) is 0. The molecule has 0 spiro atoms. The van der Waals surface area contributed by atoms with Gasteiger partial charge in [-0.2, -0.15) is 0 Å². The van der Waals surface area contributed by atoms with Gasteiger partial charge in [-0.1, -0.05) is 40.0 Å². The highest BCUT2D eigenvalue weighted by Crippen LogP contribution is 2.54. The number of hydrogen-bond acceptors (Lipinski definition) is 1. The highest BCUT2D eigenvalue weighted by atomic mass is 16.5. The third-order valence-corrected chi connectivity index (χ3v) is 4.60. The van der Waals surface area contributed by atoms with Crippen LogP contribution in [0.15, 0.2) is 0 Å². The van der Waals surface area contributed by atoms with Gasteiger partial charge in [-0.05, 0) is 24.2 Å². The molecule has 0 radical (unpaired) electrons. The van der Waals surface area contributed by atoms with Crippen molar-refractivity contribution in [1.29, 1.82) is 0 Å². The average Bonchev–Trinajstić information content (AvgIpc) is 2.01. The standard InChI is InChI=1S/C13H24O/c1-12(2,3)13(9-14-10-13)11-7-5-4-6-8-11/h11H,4-10H2,1-3H3. The van der Waals surface area contributed by atoms with Crippen LogP contribution >= 0.6 is 0 Å². The van der Waals surface area contributed by atoms with Gasteiger partial charge in [-0.15, -0.1) is 0 Å². The van der Waals surface area contributed by atoms with Crippen molar-refractivity contribution < 1.29 is 4.74 Å². The maximum absolute atomic E-state index is 5.52. The van der Waals surface area contributed by atoms with Crippen LogP contribution in [0.25, 0.3) is 0 Å². The molecule has 1 aliphatic carbocycles. The Bertz CT molecular complexity index is 192. The maximum atomic E-state index is 5.52. The average molecular weight is 196 g/mol. The molecule has 0 aromatic carbocycles. The van der Waals surface area contributed by atoms with Crippen molar-refractivity contribution in [1.82, 2.24) is 0 Å². The molecule has 1 heteroatoms. The summed E-state index contributed by atoms with van der Waals surface area (Å²) >= 11 is 0. The highest BCUT2D eigenvalue weighted by Gasteiger charge is 2.53. The lowest BCUT2D eigenvalue weighted by atomic mass is 9.55. The van der Waals surface area contributed by atoms with Crippen molar-refractivity contribution in [3.8, 4) is 0 Å². The van der Waals surface area contributed by atoms with E-state index in [4.69, 9.17) is 4.74 Å². The van der Waals surface area contributed by atoms with E-state index in [1.165, 1.54) is 32.1 Å². The molecule has 0 aromatic heterocycles. The molecule has 1 nitrogen and oxygen atoms in total. The zero-order valence-electron chi connectivity index (χ0n) is 9.94. The van der Waals surface area contributed by atoms with Gasteiger partial charge in [0, 0.05) is 5.41 Å². The van der Waals surface area contributed by atoms with E-state index < -0.39 is 0 Å². The summed E-state index contributed by atoms with van der Waals surface area (Å²) in [5, 5.41) is 0. The molecule has 0 atom stereocenters. The summed E-state index contributed by atoms with van der Waals surface area (Å²) in [6, 6.07) is 0. The zero-order valence-corrected chi connectivity index (χ0v) is 9.94. The topological polar surface area (TPSA) is 9.23 Å². The fourth-order valence-electron chi connectivity index (χ4n) is 3.26. The van der Waals surface area contributed by atoms with E-state index in [0.29, 0.717) is 10.8 Å². The molecule has 1 aliphatic heterocycles. The van der Waals surface area contributed by atoms with Crippen LogP contribution in [0, 0.1) is 16.7 Å². The number of hydrogen-bond donors (Lipinski definition) is 0. The molecule has 2 rings (SSSR count). The van der Waals surface area contributed by atoms with E-state index in [-0.39, 0.29) is 0 Å². The molecular weight excluding hydrogens is 172 g/mol. The van der Waals surface area contributed by atoms with Crippen molar-refractivity contribution in [3.63, 3.8) is 0 Å². The van der Waals surface area contributed by atoms with Gasteiger partial charge in [-0.25, -0.2) is 0 Å². The summed E-state index contributed by atoms with van der Waals surface area (Å²) in [5.74, 6) is 0.935. The van der Waals surface area contributed by atoms with E-state index in [1.807, 2.05) is 0 Å². The molecule has 2 fully saturated rings. The van der Waals surface area contributed by atoms with Crippen molar-refractivity contribution in [3.05, 3.63) is 0 Å². The minimum atomic E-state index is 0.424. The van der Waals surface area contributed by atoms with E-state index in [1.54, 1.807) is 0 Å². The van der Waals surface area contributed by atoms with Crippen molar-refractivity contribution in [2.24, 2.45) is 16.7 Å². The van der Waals surface area contributed by atoms with Crippen LogP contribution in [0.4, 0.5) is 0 Å². The van der Waals surface area contributed by atoms with Gasteiger partial charge >= 0.3 is 0 Å². The van der Waals surface area contributed by atoms with Gasteiger partial charge in [0.05, 0.1) is 13.2 Å². The molecule has 1 heterocycles. The fourth-order valence-corrected chi connectivity index (χ4v) is 3.26. The number of rotatable bonds is 1. The van der Waals surface area contributed by atoms with Gasteiger partial charge in [0.15, 0.2) is 0 Å². The first-order valence-corrected chi connectivity index (χ1v) is 6.14. The Morgan fingerprint density at radius 2 is 1.57 bits per heavy atom. The molecule has 0 unspecified atom stereocenters. The normalized spacial score (nSPS) is 28.5. The van der Waals surface area contributed by atoms with Gasteiger partial charge < -0.3 is 4.74 Å². The molecule has 1 saturated heterocycles. The molecule has 0 N–H and O–H groups in total. The molecule has 2 aliphatic rings. The van der Waals surface area contributed by atoms with Gasteiger partial charge in [0.1, 0.15) is 0 Å². The van der Waals surface area contributed by atoms with Gasteiger partial charge in [0.25, 0.3) is 0 Å². The van der Waals surface area contributed by atoms with Crippen LogP contribution in [0.2, 0.25) is 0 Å². The molecule has 0 bridgehead atoms. The molecule has 0 amide bonds. The summed E-state index contributed by atoms with van der Waals surface area (Å²) in [6.45, 7) is 9.21. The molecule has 0 aromatic rings. The van der Waals surface area contributed by atoms with E-state index in [0.717, 1.165) is 19.1 Å². The second kappa shape index (κ2) is 3.52. The Labute approximate surface area is 88.2 Å².